The quantitative estimate of drug-likeness (QED) is 0.469. The van der Waals surface area contributed by atoms with Gasteiger partial charge in [-0.15, -0.1) is 0 Å². The monoisotopic (exact) mass is 470 g/mol. The van der Waals surface area contributed by atoms with Crippen LogP contribution in [0.3, 0.4) is 0 Å². The minimum atomic E-state index is -1.94. The van der Waals surface area contributed by atoms with Gasteiger partial charge in [-0.1, -0.05) is 41.4 Å². The van der Waals surface area contributed by atoms with Crippen molar-refractivity contribution < 1.29 is 14.3 Å². The summed E-state index contributed by atoms with van der Waals surface area (Å²) in [6, 6.07) is 18.7. The number of hydrogen-bond donors (Lipinski definition) is 2. The first-order chi connectivity index (χ1) is 15.2. The Morgan fingerprint density at radius 3 is 2.12 bits per heavy atom. The molecule has 2 N–H and O–H groups in total. The van der Waals surface area contributed by atoms with Crippen molar-refractivity contribution in [3.8, 4) is 0 Å². The molecule has 2 atom stereocenters. The predicted molar refractivity (Wildman–Crippen MR) is 126 cm³/mol. The van der Waals surface area contributed by atoms with Crippen LogP contribution in [0, 0.1) is 5.82 Å². The van der Waals surface area contributed by atoms with Gasteiger partial charge in [0.05, 0.1) is 0 Å². The molecule has 1 heterocycles. The van der Waals surface area contributed by atoms with Crippen molar-refractivity contribution in [1.29, 1.82) is 0 Å². The van der Waals surface area contributed by atoms with Gasteiger partial charge in [-0.05, 0) is 68.4 Å². The van der Waals surface area contributed by atoms with Crippen molar-refractivity contribution in [3.63, 3.8) is 0 Å². The molecule has 4 nitrogen and oxygen atoms in total. The van der Waals surface area contributed by atoms with E-state index in [-0.39, 0.29) is 11.3 Å². The third kappa shape index (κ3) is 3.77. The van der Waals surface area contributed by atoms with Crippen molar-refractivity contribution in [2.24, 2.45) is 0 Å². The molecule has 4 rings (SSSR count). The minimum absolute atomic E-state index is 0.0389. The molecule has 7 heteroatoms. The smallest absolute Gasteiger partial charge is 0.196 e. The van der Waals surface area contributed by atoms with E-state index in [4.69, 9.17) is 23.2 Å². The lowest BCUT2D eigenvalue weighted by Crippen LogP contribution is -2.53. The number of aliphatic hydroxyl groups is 1. The van der Waals surface area contributed by atoms with Crippen LogP contribution < -0.4 is 10.2 Å². The van der Waals surface area contributed by atoms with E-state index in [0.29, 0.717) is 32.7 Å². The zero-order valence-corrected chi connectivity index (χ0v) is 19.0. The largest absolute Gasteiger partial charge is 0.373 e. The van der Waals surface area contributed by atoms with Crippen molar-refractivity contribution in [2.45, 2.75) is 25.6 Å². The van der Waals surface area contributed by atoms with Crippen LogP contribution in [0.15, 0.2) is 84.1 Å². The molecule has 0 saturated heterocycles. The van der Waals surface area contributed by atoms with Gasteiger partial charge >= 0.3 is 0 Å². The Balaban J connectivity index is 1.95. The maximum atomic E-state index is 15.1. The highest BCUT2D eigenvalue weighted by Crippen LogP contribution is 2.47. The normalized spacial score (nSPS) is 20.6. The summed E-state index contributed by atoms with van der Waals surface area (Å²) in [4.78, 5) is 14.4. The molecule has 2 unspecified atom stereocenters. The SMILES string of the molecule is CC(=O)C1=C(C)N(c2ccc(Cl)cc2)C(O)(c2ccccc2F)C1Nc1ccc(Cl)cc1. The summed E-state index contributed by atoms with van der Waals surface area (Å²) < 4.78 is 15.1. The Morgan fingerprint density at radius 1 is 1.00 bits per heavy atom. The topological polar surface area (TPSA) is 52.6 Å². The number of Topliss-reactive ketones (excluding diaryl/α,β-unsaturated/α-hetero) is 1. The van der Waals surface area contributed by atoms with Crippen LogP contribution in [-0.2, 0) is 10.5 Å². The van der Waals surface area contributed by atoms with Gasteiger partial charge in [0, 0.05) is 38.3 Å². The van der Waals surface area contributed by atoms with E-state index >= 15 is 4.39 Å². The Kier molecular flexibility index (Phi) is 5.99. The number of nitrogens with zero attached hydrogens (tertiary/aromatic N) is 1. The van der Waals surface area contributed by atoms with Gasteiger partial charge in [-0.3, -0.25) is 4.79 Å². The van der Waals surface area contributed by atoms with E-state index in [0.717, 1.165) is 0 Å². The number of allylic oxidation sites excluding steroid dienone is 1. The number of halogens is 3. The Morgan fingerprint density at radius 2 is 1.56 bits per heavy atom. The van der Waals surface area contributed by atoms with Crippen LogP contribution >= 0.6 is 23.2 Å². The summed E-state index contributed by atoms with van der Waals surface area (Å²) in [5.74, 6) is -0.824. The van der Waals surface area contributed by atoms with Crippen LogP contribution in [0.4, 0.5) is 15.8 Å². The van der Waals surface area contributed by atoms with E-state index in [9.17, 15) is 9.90 Å². The first kappa shape index (κ1) is 22.3. The molecule has 0 amide bonds. The van der Waals surface area contributed by atoms with Gasteiger partial charge in [0.25, 0.3) is 0 Å². The zero-order chi connectivity index (χ0) is 23.0. The van der Waals surface area contributed by atoms with E-state index in [1.165, 1.54) is 19.1 Å². The van der Waals surface area contributed by atoms with Crippen molar-refractivity contribution in [3.05, 3.63) is 105 Å². The summed E-state index contributed by atoms with van der Waals surface area (Å²) >= 11 is 12.1. The van der Waals surface area contributed by atoms with Gasteiger partial charge in [0.15, 0.2) is 11.5 Å². The van der Waals surface area contributed by atoms with Gasteiger partial charge < -0.3 is 15.3 Å². The lowest BCUT2D eigenvalue weighted by Gasteiger charge is -2.41. The lowest BCUT2D eigenvalue weighted by atomic mass is 9.89. The number of nitrogens with one attached hydrogen (secondary N) is 1. The van der Waals surface area contributed by atoms with Crippen LogP contribution in [0.25, 0.3) is 0 Å². The number of anilines is 2. The van der Waals surface area contributed by atoms with E-state index in [1.54, 1.807) is 72.5 Å². The Bertz CT molecular complexity index is 1200. The minimum Gasteiger partial charge on any atom is -0.373 e. The summed E-state index contributed by atoms with van der Waals surface area (Å²) in [5, 5.41) is 16.6. The van der Waals surface area contributed by atoms with Crippen LogP contribution in [0.5, 0.6) is 0 Å². The average Bonchev–Trinajstić information content (AvgIpc) is 2.98. The molecule has 0 radical (unpaired) electrons. The molecule has 0 aromatic heterocycles. The second-order valence-electron chi connectivity index (χ2n) is 7.66. The number of carbonyl (C=O) groups excluding carboxylic acids is 1. The second kappa shape index (κ2) is 8.58. The lowest BCUT2D eigenvalue weighted by molar-refractivity contribution is -0.114. The highest BCUT2D eigenvalue weighted by Gasteiger charge is 2.55. The zero-order valence-electron chi connectivity index (χ0n) is 17.4. The summed E-state index contributed by atoms with van der Waals surface area (Å²) in [7, 11) is 0. The first-order valence-electron chi connectivity index (χ1n) is 10.0. The number of benzene rings is 3. The molecule has 0 saturated carbocycles. The molecule has 0 fully saturated rings. The van der Waals surface area contributed by atoms with Gasteiger partial charge in [-0.2, -0.15) is 0 Å². The third-order valence-electron chi connectivity index (χ3n) is 5.65. The van der Waals surface area contributed by atoms with Gasteiger partial charge in [0.1, 0.15) is 11.9 Å². The van der Waals surface area contributed by atoms with Crippen LogP contribution in [0.1, 0.15) is 19.4 Å². The molecule has 1 aliphatic rings. The molecular weight excluding hydrogens is 450 g/mol. The third-order valence-corrected chi connectivity index (χ3v) is 6.15. The van der Waals surface area contributed by atoms with Crippen LogP contribution in [0.2, 0.25) is 10.0 Å². The molecule has 3 aromatic carbocycles. The maximum Gasteiger partial charge on any atom is 0.196 e. The van der Waals surface area contributed by atoms with Crippen LogP contribution in [-0.4, -0.2) is 16.9 Å². The molecule has 0 spiro atoms. The van der Waals surface area contributed by atoms with E-state index in [1.807, 2.05) is 0 Å². The van der Waals surface area contributed by atoms with Gasteiger partial charge in [0.2, 0.25) is 0 Å². The molecule has 32 heavy (non-hydrogen) atoms. The predicted octanol–water partition coefficient (Wildman–Crippen LogP) is 6.14. The highest BCUT2D eigenvalue weighted by molar-refractivity contribution is 6.30. The summed E-state index contributed by atoms with van der Waals surface area (Å²) in [5.41, 5.74) is 0.148. The molecule has 164 valence electrons. The van der Waals surface area contributed by atoms with Gasteiger partial charge in [-0.25, -0.2) is 4.39 Å². The first-order valence-corrected chi connectivity index (χ1v) is 10.8. The average molecular weight is 471 g/mol. The number of hydrogen-bond acceptors (Lipinski definition) is 4. The molecule has 3 aromatic rings. The van der Waals surface area contributed by atoms with Crippen molar-refractivity contribution in [2.75, 3.05) is 10.2 Å². The van der Waals surface area contributed by atoms with E-state index < -0.39 is 17.6 Å². The fraction of sp³-hybridized carbons (Fsp3) is 0.160. The fourth-order valence-corrected chi connectivity index (χ4v) is 4.53. The molecule has 0 aliphatic carbocycles. The number of rotatable bonds is 5. The second-order valence-corrected chi connectivity index (χ2v) is 8.53. The fourth-order valence-electron chi connectivity index (χ4n) is 4.28. The Labute approximate surface area is 195 Å². The van der Waals surface area contributed by atoms with Crippen molar-refractivity contribution in [1.82, 2.24) is 0 Å². The highest BCUT2D eigenvalue weighted by atomic mass is 35.5. The molecular formula is C25H21Cl2FN2O2. The summed E-state index contributed by atoms with van der Waals surface area (Å²) in [6.45, 7) is 3.17. The Hall–Kier alpha value is -2.86. The van der Waals surface area contributed by atoms with Crippen molar-refractivity contribution >= 4 is 40.4 Å². The molecule has 1 aliphatic heterocycles. The summed E-state index contributed by atoms with van der Waals surface area (Å²) in [6.07, 6.45) is 0. The number of ketones is 1. The number of carbonyl (C=O) groups is 1. The maximum absolute atomic E-state index is 15.1. The molecule has 0 bridgehead atoms. The van der Waals surface area contributed by atoms with E-state index in [2.05, 4.69) is 5.32 Å². The standard InChI is InChI=1S/C25H21Cl2FN2O2/c1-15-23(16(2)31)24(29-19-11-7-17(26)8-12-19)25(32,21-5-3-4-6-22(21)28)30(15)20-13-9-18(27)10-14-20/h3-14,24,29,32H,1-2H3.